The Balaban J connectivity index is 2.02. The second kappa shape index (κ2) is 7.24. The Morgan fingerprint density at radius 2 is 2.00 bits per heavy atom. The van der Waals surface area contributed by atoms with E-state index in [1.165, 1.54) is 12.1 Å². The van der Waals surface area contributed by atoms with Crippen molar-refractivity contribution < 1.29 is 18.0 Å². The molecule has 0 aliphatic heterocycles. The maximum absolute atomic E-state index is 13.1. The SMILES string of the molecule is CNC(COC)Cc1nc(Cc2cc(F)cc(F)c2)no1. The van der Waals surface area contributed by atoms with Gasteiger partial charge in [-0.05, 0) is 24.7 Å². The summed E-state index contributed by atoms with van der Waals surface area (Å²) in [4.78, 5) is 4.22. The minimum Gasteiger partial charge on any atom is -0.383 e. The third kappa shape index (κ3) is 4.57. The number of hydrogen-bond donors (Lipinski definition) is 1. The number of methoxy groups -OCH3 is 1. The molecule has 0 amide bonds. The summed E-state index contributed by atoms with van der Waals surface area (Å²) >= 11 is 0. The Hall–Kier alpha value is -1.86. The molecular weight excluding hydrogens is 280 g/mol. The van der Waals surface area contributed by atoms with Crippen molar-refractivity contribution >= 4 is 0 Å². The Bertz CT molecular complexity index is 569. The van der Waals surface area contributed by atoms with Crippen LogP contribution in [0.3, 0.4) is 0 Å². The van der Waals surface area contributed by atoms with Crippen LogP contribution in [0.2, 0.25) is 0 Å². The van der Waals surface area contributed by atoms with Gasteiger partial charge in [-0.15, -0.1) is 0 Å². The van der Waals surface area contributed by atoms with Gasteiger partial charge in [-0.1, -0.05) is 5.16 Å². The molecule has 0 saturated carbocycles. The molecule has 0 bridgehead atoms. The van der Waals surface area contributed by atoms with Crippen LogP contribution in [-0.2, 0) is 17.6 Å². The summed E-state index contributed by atoms with van der Waals surface area (Å²) in [6.07, 6.45) is 0.738. The molecular formula is C14H17F2N3O2. The fourth-order valence-electron chi connectivity index (χ4n) is 2.00. The quantitative estimate of drug-likeness (QED) is 0.843. The van der Waals surface area contributed by atoms with E-state index in [-0.39, 0.29) is 12.5 Å². The molecule has 21 heavy (non-hydrogen) atoms. The number of rotatable bonds is 7. The van der Waals surface area contributed by atoms with Crippen molar-refractivity contribution in [2.24, 2.45) is 0 Å². The van der Waals surface area contributed by atoms with Crippen LogP contribution in [0.25, 0.3) is 0 Å². The van der Waals surface area contributed by atoms with Crippen LogP contribution >= 0.6 is 0 Å². The molecule has 2 rings (SSSR count). The van der Waals surface area contributed by atoms with Crippen LogP contribution in [0.5, 0.6) is 0 Å². The molecule has 0 aliphatic carbocycles. The summed E-state index contributed by atoms with van der Waals surface area (Å²) in [5.41, 5.74) is 0.460. The highest BCUT2D eigenvalue weighted by molar-refractivity contribution is 5.21. The fraction of sp³-hybridized carbons (Fsp3) is 0.429. The van der Waals surface area contributed by atoms with Crippen molar-refractivity contribution in [1.29, 1.82) is 0 Å². The Morgan fingerprint density at radius 3 is 2.62 bits per heavy atom. The normalized spacial score (nSPS) is 12.6. The van der Waals surface area contributed by atoms with Crippen molar-refractivity contribution in [3.63, 3.8) is 0 Å². The van der Waals surface area contributed by atoms with Gasteiger partial charge in [-0.3, -0.25) is 0 Å². The van der Waals surface area contributed by atoms with Gasteiger partial charge in [0.25, 0.3) is 0 Å². The average Bonchev–Trinajstić information content (AvgIpc) is 2.84. The second-order valence-electron chi connectivity index (χ2n) is 4.70. The highest BCUT2D eigenvalue weighted by Gasteiger charge is 2.13. The van der Waals surface area contributed by atoms with Gasteiger partial charge in [0.2, 0.25) is 5.89 Å². The van der Waals surface area contributed by atoms with Crippen molar-refractivity contribution in [3.8, 4) is 0 Å². The first kappa shape index (κ1) is 15.5. The zero-order chi connectivity index (χ0) is 15.2. The van der Waals surface area contributed by atoms with E-state index >= 15 is 0 Å². The maximum atomic E-state index is 13.1. The zero-order valence-electron chi connectivity index (χ0n) is 11.9. The van der Waals surface area contributed by atoms with E-state index in [2.05, 4.69) is 15.5 Å². The molecule has 1 aromatic heterocycles. The van der Waals surface area contributed by atoms with E-state index in [1.54, 1.807) is 7.11 Å². The number of nitrogens with zero attached hydrogens (tertiary/aromatic N) is 2. The Morgan fingerprint density at radius 1 is 1.29 bits per heavy atom. The average molecular weight is 297 g/mol. The van der Waals surface area contributed by atoms with Gasteiger partial charge in [0.05, 0.1) is 6.61 Å². The van der Waals surface area contributed by atoms with E-state index in [4.69, 9.17) is 9.26 Å². The molecule has 1 N–H and O–H groups in total. The molecule has 0 saturated heterocycles. The number of hydrogen-bond acceptors (Lipinski definition) is 5. The first-order chi connectivity index (χ1) is 10.1. The van der Waals surface area contributed by atoms with Gasteiger partial charge < -0.3 is 14.6 Å². The lowest BCUT2D eigenvalue weighted by Crippen LogP contribution is -2.32. The highest BCUT2D eigenvalue weighted by Crippen LogP contribution is 2.12. The maximum Gasteiger partial charge on any atom is 0.228 e. The number of likely N-dealkylation sites (N-methyl/N-ethyl adjacent to an activating group) is 1. The van der Waals surface area contributed by atoms with Crippen LogP contribution in [0, 0.1) is 11.6 Å². The summed E-state index contributed by atoms with van der Waals surface area (Å²) in [6, 6.07) is 3.39. The minimum atomic E-state index is -0.621. The molecule has 2 aromatic rings. The lowest BCUT2D eigenvalue weighted by molar-refractivity contribution is 0.165. The Labute approximate surface area is 121 Å². The van der Waals surface area contributed by atoms with Crippen molar-refractivity contribution in [1.82, 2.24) is 15.5 Å². The van der Waals surface area contributed by atoms with Crippen LogP contribution in [-0.4, -0.2) is 36.9 Å². The van der Waals surface area contributed by atoms with Crippen molar-refractivity contribution in [3.05, 3.63) is 47.1 Å². The van der Waals surface area contributed by atoms with E-state index in [0.29, 0.717) is 30.3 Å². The molecule has 0 radical (unpaired) electrons. The summed E-state index contributed by atoms with van der Waals surface area (Å²) in [7, 11) is 3.43. The molecule has 7 heteroatoms. The number of nitrogens with one attached hydrogen (secondary N) is 1. The monoisotopic (exact) mass is 297 g/mol. The predicted molar refractivity (Wildman–Crippen MR) is 71.9 cm³/mol. The van der Waals surface area contributed by atoms with E-state index in [1.807, 2.05) is 7.05 Å². The van der Waals surface area contributed by atoms with Gasteiger partial charge in [0.15, 0.2) is 5.82 Å². The molecule has 1 unspecified atom stereocenters. The number of benzene rings is 1. The minimum absolute atomic E-state index is 0.0647. The van der Waals surface area contributed by atoms with Gasteiger partial charge in [0.1, 0.15) is 11.6 Å². The van der Waals surface area contributed by atoms with Gasteiger partial charge in [-0.25, -0.2) is 8.78 Å². The third-order valence-corrected chi connectivity index (χ3v) is 2.99. The lowest BCUT2D eigenvalue weighted by Gasteiger charge is -2.11. The number of halogens is 2. The van der Waals surface area contributed by atoms with Gasteiger partial charge >= 0.3 is 0 Å². The largest absolute Gasteiger partial charge is 0.383 e. The van der Waals surface area contributed by atoms with Crippen LogP contribution in [0.1, 0.15) is 17.3 Å². The highest BCUT2D eigenvalue weighted by atomic mass is 19.1. The molecule has 0 aliphatic rings. The fourth-order valence-corrected chi connectivity index (χ4v) is 2.00. The lowest BCUT2D eigenvalue weighted by atomic mass is 10.1. The number of aromatic nitrogens is 2. The second-order valence-corrected chi connectivity index (χ2v) is 4.70. The van der Waals surface area contributed by atoms with Crippen LogP contribution in [0.4, 0.5) is 8.78 Å². The topological polar surface area (TPSA) is 60.2 Å². The molecule has 0 spiro atoms. The number of ether oxygens (including phenoxy) is 1. The van der Waals surface area contributed by atoms with Crippen LogP contribution in [0.15, 0.2) is 22.7 Å². The van der Waals surface area contributed by atoms with Crippen molar-refractivity contribution in [2.45, 2.75) is 18.9 Å². The van der Waals surface area contributed by atoms with E-state index < -0.39 is 11.6 Å². The molecule has 1 heterocycles. The smallest absolute Gasteiger partial charge is 0.228 e. The summed E-state index contributed by atoms with van der Waals surface area (Å²) in [6.45, 7) is 0.517. The molecule has 0 fully saturated rings. The summed E-state index contributed by atoms with van der Waals surface area (Å²) < 4.78 is 36.4. The first-order valence-electron chi connectivity index (χ1n) is 6.53. The van der Waals surface area contributed by atoms with Crippen LogP contribution < -0.4 is 5.32 Å². The summed E-state index contributed by atoms with van der Waals surface area (Å²) in [5.74, 6) is -0.395. The molecule has 114 valence electrons. The molecule has 1 atom stereocenters. The summed E-state index contributed by atoms with van der Waals surface area (Å²) in [5, 5.41) is 6.89. The third-order valence-electron chi connectivity index (χ3n) is 2.99. The molecule has 5 nitrogen and oxygen atoms in total. The van der Waals surface area contributed by atoms with E-state index in [0.717, 1.165) is 6.07 Å². The molecule has 1 aromatic carbocycles. The van der Waals surface area contributed by atoms with Gasteiger partial charge in [-0.2, -0.15) is 4.98 Å². The first-order valence-corrected chi connectivity index (χ1v) is 6.53. The van der Waals surface area contributed by atoms with E-state index in [9.17, 15) is 8.78 Å². The van der Waals surface area contributed by atoms with Crippen molar-refractivity contribution in [2.75, 3.05) is 20.8 Å². The Kier molecular flexibility index (Phi) is 5.35. The zero-order valence-corrected chi connectivity index (χ0v) is 11.9. The standard InChI is InChI=1S/C14H17F2N3O2/c1-17-12(8-20-2)7-14-18-13(19-21-14)5-9-3-10(15)6-11(16)4-9/h3-4,6,12,17H,5,7-8H2,1-2H3. The van der Waals surface area contributed by atoms with Gasteiger partial charge in [0, 0.05) is 32.1 Å². The predicted octanol–water partition coefficient (Wildman–Crippen LogP) is 1.72.